The highest BCUT2D eigenvalue weighted by Gasteiger charge is 2.19. The lowest BCUT2D eigenvalue weighted by atomic mass is 10.2. The van der Waals surface area contributed by atoms with E-state index in [1.807, 2.05) is 0 Å². The van der Waals surface area contributed by atoms with Crippen molar-refractivity contribution in [1.82, 2.24) is 0 Å². The van der Waals surface area contributed by atoms with Crippen molar-refractivity contribution in [1.29, 1.82) is 0 Å². The molecule has 0 saturated carbocycles. The molecule has 21 heavy (non-hydrogen) atoms. The summed E-state index contributed by atoms with van der Waals surface area (Å²) in [5, 5.41) is 0.304. The van der Waals surface area contributed by atoms with Crippen molar-refractivity contribution in [2.45, 2.75) is 4.90 Å². The van der Waals surface area contributed by atoms with Gasteiger partial charge in [0.15, 0.2) is 0 Å². The molecule has 0 amide bonds. The number of ether oxygens (including phenoxy) is 1. The van der Waals surface area contributed by atoms with Crippen LogP contribution < -0.4 is 4.72 Å². The Morgan fingerprint density at radius 1 is 1.14 bits per heavy atom. The molecule has 0 aliphatic heterocycles. The minimum absolute atomic E-state index is 0.0458. The molecule has 0 bridgehead atoms. The fraction of sp³-hybridized carbons (Fsp3) is 0.0714. The molecule has 1 N–H and O–H groups in total. The van der Waals surface area contributed by atoms with Crippen molar-refractivity contribution in [2.24, 2.45) is 0 Å². The molecule has 5 nitrogen and oxygen atoms in total. The first-order valence-corrected chi connectivity index (χ1v) is 7.76. The number of nitrogens with one attached hydrogen (secondary N) is 1. The van der Waals surface area contributed by atoms with E-state index >= 15 is 0 Å². The summed E-state index contributed by atoms with van der Waals surface area (Å²) in [7, 11) is -2.58. The third kappa shape index (κ3) is 3.53. The van der Waals surface area contributed by atoms with Crippen LogP contribution in [0.15, 0.2) is 53.4 Å². The Labute approximate surface area is 127 Å². The summed E-state index contributed by atoms with van der Waals surface area (Å²) in [5.41, 5.74) is 0.152. The number of esters is 1. The van der Waals surface area contributed by atoms with Crippen LogP contribution in [0.1, 0.15) is 10.4 Å². The lowest BCUT2D eigenvalue weighted by molar-refractivity contribution is 0.0602. The topological polar surface area (TPSA) is 72.5 Å². The summed E-state index contributed by atoms with van der Waals surface area (Å²) in [5.74, 6) is -0.678. The summed E-state index contributed by atoms with van der Waals surface area (Å²) in [6.07, 6.45) is 0. The van der Waals surface area contributed by atoms with E-state index in [2.05, 4.69) is 9.46 Å². The van der Waals surface area contributed by atoms with E-state index in [9.17, 15) is 13.2 Å². The maximum absolute atomic E-state index is 12.3. The van der Waals surface area contributed by atoms with Crippen molar-refractivity contribution < 1.29 is 17.9 Å². The standard InChI is InChI=1S/C14H12ClNO4S/c1-20-14(17)12-9-10(15)7-8-13(12)16-21(18,19)11-5-3-2-4-6-11/h2-9,16H,1H3. The largest absolute Gasteiger partial charge is 0.465 e. The summed E-state index contributed by atoms with van der Waals surface area (Å²) in [4.78, 5) is 11.8. The van der Waals surface area contributed by atoms with E-state index in [1.165, 1.54) is 37.4 Å². The Bertz CT molecular complexity index is 760. The zero-order chi connectivity index (χ0) is 15.5. The van der Waals surface area contributed by atoms with Crippen molar-refractivity contribution >= 4 is 33.3 Å². The normalized spacial score (nSPS) is 11.0. The molecular formula is C14H12ClNO4S. The molecule has 2 aromatic carbocycles. The molecule has 0 aliphatic carbocycles. The number of carbonyl (C=O) groups is 1. The Morgan fingerprint density at radius 3 is 2.43 bits per heavy atom. The number of sulfonamides is 1. The highest BCUT2D eigenvalue weighted by molar-refractivity contribution is 7.92. The highest BCUT2D eigenvalue weighted by Crippen LogP contribution is 2.24. The van der Waals surface area contributed by atoms with Gasteiger partial charge in [-0.3, -0.25) is 4.72 Å². The molecule has 0 aromatic heterocycles. The molecule has 0 radical (unpaired) electrons. The van der Waals surface area contributed by atoms with Crippen molar-refractivity contribution in [2.75, 3.05) is 11.8 Å². The van der Waals surface area contributed by atoms with E-state index in [0.29, 0.717) is 5.02 Å². The average Bonchev–Trinajstić information content (AvgIpc) is 2.49. The van der Waals surface area contributed by atoms with Gasteiger partial charge in [-0.05, 0) is 30.3 Å². The van der Waals surface area contributed by atoms with Gasteiger partial charge in [0, 0.05) is 5.02 Å². The maximum atomic E-state index is 12.3. The molecular weight excluding hydrogens is 314 g/mol. The monoisotopic (exact) mass is 325 g/mol. The number of benzene rings is 2. The fourth-order valence-electron chi connectivity index (χ4n) is 1.69. The zero-order valence-corrected chi connectivity index (χ0v) is 12.6. The summed E-state index contributed by atoms with van der Waals surface area (Å²) in [6, 6.07) is 12.1. The second-order valence-electron chi connectivity index (χ2n) is 4.10. The second kappa shape index (κ2) is 6.15. The minimum Gasteiger partial charge on any atom is -0.465 e. The SMILES string of the molecule is COC(=O)c1cc(Cl)ccc1NS(=O)(=O)c1ccccc1. The van der Waals surface area contributed by atoms with Gasteiger partial charge in [-0.25, -0.2) is 13.2 Å². The van der Waals surface area contributed by atoms with Crippen molar-refractivity contribution in [3.63, 3.8) is 0 Å². The van der Waals surface area contributed by atoms with Crippen LogP contribution in [0.4, 0.5) is 5.69 Å². The predicted molar refractivity (Wildman–Crippen MR) is 80.0 cm³/mol. The second-order valence-corrected chi connectivity index (χ2v) is 6.22. The average molecular weight is 326 g/mol. The molecule has 2 rings (SSSR count). The van der Waals surface area contributed by atoms with Crippen molar-refractivity contribution in [3.05, 3.63) is 59.1 Å². The van der Waals surface area contributed by atoms with Crippen LogP contribution in [-0.2, 0) is 14.8 Å². The van der Waals surface area contributed by atoms with Gasteiger partial charge in [0.05, 0.1) is 23.3 Å². The van der Waals surface area contributed by atoms with Gasteiger partial charge in [-0.2, -0.15) is 0 Å². The van der Waals surface area contributed by atoms with Gasteiger partial charge in [-0.15, -0.1) is 0 Å². The molecule has 0 atom stereocenters. The summed E-state index contributed by atoms with van der Waals surface area (Å²) >= 11 is 5.82. The first-order chi connectivity index (χ1) is 9.94. The van der Waals surface area contributed by atoms with Crippen LogP contribution in [0.2, 0.25) is 5.02 Å². The first-order valence-electron chi connectivity index (χ1n) is 5.90. The van der Waals surface area contributed by atoms with Gasteiger partial charge in [0.2, 0.25) is 0 Å². The maximum Gasteiger partial charge on any atom is 0.340 e. The van der Waals surface area contributed by atoms with Crippen LogP contribution in [0.3, 0.4) is 0 Å². The van der Waals surface area contributed by atoms with Crippen LogP contribution >= 0.6 is 11.6 Å². The predicted octanol–water partition coefficient (Wildman–Crippen LogP) is 2.93. The van der Waals surface area contributed by atoms with Crippen LogP contribution in [0, 0.1) is 0 Å². The van der Waals surface area contributed by atoms with Gasteiger partial charge in [0.25, 0.3) is 10.0 Å². The number of methoxy groups -OCH3 is 1. The number of carbonyl (C=O) groups excluding carboxylic acids is 1. The molecule has 2 aromatic rings. The number of rotatable bonds is 4. The Balaban J connectivity index is 2.42. The lowest BCUT2D eigenvalue weighted by Gasteiger charge is -2.11. The van der Waals surface area contributed by atoms with Crippen LogP contribution in [-0.4, -0.2) is 21.5 Å². The molecule has 0 heterocycles. The lowest BCUT2D eigenvalue weighted by Crippen LogP contribution is -2.16. The Kier molecular flexibility index (Phi) is 4.50. The number of hydrogen-bond donors (Lipinski definition) is 1. The molecule has 0 unspecified atom stereocenters. The van der Waals surface area contributed by atoms with E-state index < -0.39 is 16.0 Å². The van der Waals surface area contributed by atoms with Gasteiger partial charge >= 0.3 is 5.97 Å². The van der Waals surface area contributed by atoms with E-state index in [-0.39, 0.29) is 16.1 Å². The third-order valence-electron chi connectivity index (χ3n) is 2.68. The van der Waals surface area contributed by atoms with Gasteiger partial charge < -0.3 is 4.74 Å². The minimum atomic E-state index is -3.79. The quantitative estimate of drug-likeness (QED) is 0.877. The van der Waals surface area contributed by atoms with Crippen molar-refractivity contribution in [3.8, 4) is 0 Å². The Morgan fingerprint density at radius 2 is 1.81 bits per heavy atom. The van der Waals surface area contributed by atoms with Crippen LogP contribution in [0.25, 0.3) is 0 Å². The number of halogens is 1. The van der Waals surface area contributed by atoms with Gasteiger partial charge in [0.1, 0.15) is 0 Å². The Hall–Kier alpha value is -2.05. The zero-order valence-electron chi connectivity index (χ0n) is 11.0. The number of hydrogen-bond acceptors (Lipinski definition) is 4. The summed E-state index contributed by atoms with van der Waals surface area (Å²) in [6.45, 7) is 0. The molecule has 0 saturated heterocycles. The third-order valence-corrected chi connectivity index (χ3v) is 4.30. The van der Waals surface area contributed by atoms with Crippen LogP contribution in [0.5, 0.6) is 0 Å². The molecule has 0 fully saturated rings. The van der Waals surface area contributed by atoms with Gasteiger partial charge in [-0.1, -0.05) is 29.8 Å². The molecule has 0 spiro atoms. The fourth-order valence-corrected chi connectivity index (χ4v) is 2.96. The van der Waals surface area contributed by atoms with E-state index in [0.717, 1.165) is 0 Å². The van der Waals surface area contributed by atoms with E-state index in [4.69, 9.17) is 11.6 Å². The molecule has 0 aliphatic rings. The summed E-state index contributed by atoms with van der Waals surface area (Å²) < 4.78 is 31.5. The first kappa shape index (κ1) is 15.3. The number of anilines is 1. The molecule has 7 heteroatoms. The molecule has 110 valence electrons. The van der Waals surface area contributed by atoms with E-state index in [1.54, 1.807) is 18.2 Å². The smallest absolute Gasteiger partial charge is 0.340 e. The highest BCUT2D eigenvalue weighted by atomic mass is 35.5.